The Morgan fingerprint density at radius 3 is 1.57 bits per heavy atom. The van der Waals surface area contributed by atoms with Crippen molar-refractivity contribution in [2.75, 3.05) is 19.8 Å². The molecule has 0 N–H and O–H groups in total. The standard InChI is InChI=1S/C34H42O6/c1-5-10-25(3)22-37-30-18-14-28(15-19-30)33(35)39-24-32(27-12-8-7-9-13-27)40-34(36)29-16-20-31(21-17-29)38-23-26(4)11-6-2/h7-9,12-21,25-26,32H,5-6,10-11,22-24H2,1-4H3. The van der Waals surface area contributed by atoms with Crippen LogP contribution in [0.1, 0.15) is 85.8 Å². The summed E-state index contributed by atoms with van der Waals surface area (Å²) in [6.07, 6.45) is 3.69. The smallest absolute Gasteiger partial charge is 0.338 e. The lowest BCUT2D eigenvalue weighted by Gasteiger charge is -2.19. The predicted octanol–water partition coefficient (Wildman–Crippen LogP) is 8.07. The molecule has 0 aliphatic heterocycles. The number of hydrogen-bond acceptors (Lipinski definition) is 6. The van der Waals surface area contributed by atoms with Gasteiger partial charge in [-0.15, -0.1) is 0 Å². The van der Waals surface area contributed by atoms with Gasteiger partial charge in [0.05, 0.1) is 24.3 Å². The first kappa shape index (κ1) is 30.7. The number of carbonyl (C=O) groups excluding carboxylic acids is 2. The number of carbonyl (C=O) groups is 2. The third-order valence-electron chi connectivity index (χ3n) is 6.60. The number of benzene rings is 3. The van der Waals surface area contributed by atoms with E-state index in [0.29, 0.717) is 47.7 Å². The predicted molar refractivity (Wildman–Crippen MR) is 157 cm³/mol. The summed E-state index contributed by atoms with van der Waals surface area (Å²) in [5.74, 6) is 1.35. The Kier molecular flexibility index (Phi) is 12.6. The topological polar surface area (TPSA) is 71.1 Å². The lowest BCUT2D eigenvalue weighted by Crippen LogP contribution is -2.19. The van der Waals surface area contributed by atoms with Crippen LogP contribution in [-0.2, 0) is 9.47 Å². The van der Waals surface area contributed by atoms with Crippen LogP contribution < -0.4 is 9.47 Å². The van der Waals surface area contributed by atoms with Crippen molar-refractivity contribution >= 4 is 11.9 Å². The Bertz CT molecular complexity index is 1160. The van der Waals surface area contributed by atoms with Gasteiger partial charge in [0, 0.05) is 0 Å². The molecule has 3 unspecified atom stereocenters. The van der Waals surface area contributed by atoms with Gasteiger partial charge in [-0.05, 0) is 78.8 Å². The third-order valence-corrected chi connectivity index (χ3v) is 6.60. The molecule has 3 atom stereocenters. The largest absolute Gasteiger partial charge is 0.493 e. The highest BCUT2D eigenvalue weighted by molar-refractivity contribution is 5.90. The number of ether oxygens (including phenoxy) is 4. The van der Waals surface area contributed by atoms with Crippen LogP contribution in [-0.4, -0.2) is 31.8 Å². The maximum absolute atomic E-state index is 13.0. The summed E-state index contributed by atoms with van der Waals surface area (Å²) >= 11 is 0. The fourth-order valence-corrected chi connectivity index (χ4v) is 4.30. The molecule has 0 spiro atoms. The highest BCUT2D eigenvalue weighted by Crippen LogP contribution is 2.23. The zero-order valence-electron chi connectivity index (χ0n) is 24.1. The molecule has 3 rings (SSSR count). The summed E-state index contributed by atoms with van der Waals surface area (Å²) in [6.45, 7) is 9.78. The molecule has 0 aromatic heterocycles. The first-order chi connectivity index (χ1) is 19.4. The molecule has 0 radical (unpaired) electrons. The summed E-state index contributed by atoms with van der Waals surface area (Å²) in [6, 6.07) is 23.0. The van der Waals surface area contributed by atoms with Crippen LogP contribution in [0.15, 0.2) is 78.9 Å². The molecule has 0 saturated heterocycles. The van der Waals surface area contributed by atoms with E-state index in [0.717, 1.165) is 31.2 Å². The highest BCUT2D eigenvalue weighted by atomic mass is 16.6. The molecule has 0 aliphatic rings. The molecule has 6 heteroatoms. The Labute approximate surface area is 238 Å². The molecule has 0 amide bonds. The van der Waals surface area contributed by atoms with Gasteiger partial charge in [0.2, 0.25) is 0 Å². The minimum Gasteiger partial charge on any atom is -0.493 e. The first-order valence-electron chi connectivity index (χ1n) is 14.3. The van der Waals surface area contributed by atoms with E-state index in [4.69, 9.17) is 18.9 Å². The van der Waals surface area contributed by atoms with E-state index < -0.39 is 18.0 Å². The molecular weight excluding hydrogens is 504 g/mol. The van der Waals surface area contributed by atoms with E-state index in [1.807, 2.05) is 30.3 Å². The van der Waals surface area contributed by atoms with Crippen LogP contribution in [0.25, 0.3) is 0 Å². The molecule has 0 saturated carbocycles. The molecule has 3 aromatic rings. The minimum atomic E-state index is -0.758. The average Bonchev–Trinajstić information content (AvgIpc) is 2.98. The van der Waals surface area contributed by atoms with Crippen LogP contribution in [0.2, 0.25) is 0 Å². The molecule has 0 heterocycles. The van der Waals surface area contributed by atoms with Crippen LogP contribution in [0.3, 0.4) is 0 Å². The van der Waals surface area contributed by atoms with Crippen molar-refractivity contribution in [3.05, 3.63) is 95.6 Å². The second kappa shape index (κ2) is 16.3. The quantitative estimate of drug-likeness (QED) is 0.169. The normalized spacial score (nSPS) is 13.1. The lowest BCUT2D eigenvalue weighted by molar-refractivity contribution is -0.00134. The fourth-order valence-electron chi connectivity index (χ4n) is 4.30. The van der Waals surface area contributed by atoms with Gasteiger partial charge in [0.15, 0.2) is 6.10 Å². The lowest BCUT2D eigenvalue weighted by atomic mass is 10.1. The summed E-state index contributed by atoms with van der Waals surface area (Å²) in [5, 5.41) is 0. The highest BCUT2D eigenvalue weighted by Gasteiger charge is 2.21. The summed E-state index contributed by atoms with van der Waals surface area (Å²) in [5.41, 5.74) is 1.53. The number of esters is 2. The molecule has 3 aromatic carbocycles. The molecular formula is C34H42O6. The van der Waals surface area contributed by atoms with Crippen molar-refractivity contribution in [1.82, 2.24) is 0 Å². The van der Waals surface area contributed by atoms with Gasteiger partial charge in [0.1, 0.15) is 18.1 Å². The second-order valence-electron chi connectivity index (χ2n) is 10.4. The SMILES string of the molecule is CCCC(C)COc1ccc(C(=O)OCC(OC(=O)c2ccc(OCC(C)CCC)cc2)c2ccccc2)cc1. The first-order valence-corrected chi connectivity index (χ1v) is 14.3. The van der Waals surface area contributed by atoms with E-state index in [2.05, 4.69) is 27.7 Å². The molecule has 40 heavy (non-hydrogen) atoms. The van der Waals surface area contributed by atoms with Crippen molar-refractivity contribution in [3.63, 3.8) is 0 Å². The zero-order chi connectivity index (χ0) is 28.7. The van der Waals surface area contributed by atoms with Gasteiger partial charge in [0.25, 0.3) is 0 Å². The fraction of sp³-hybridized carbons (Fsp3) is 0.412. The zero-order valence-corrected chi connectivity index (χ0v) is 24.1. The van der Waals surface area contributed by atoms with Crippen molar-refractivity contribution in [3.8, 4) is 11.5 Å². The van der Waals surface area contributed by atoms with Gasteiger partial charge >= 0.3 is 11.9 Å². The molecule has 0 aliphatic carbocycles. The van der Waals surface area contributed by atoms with Gasteiger partial charge in [-0.25, -0.2) is 9.59 Å². The maximum atomic E-state index is 13.0. The average molecular weight is 547 g/mol. The summed E-state index contributed by atoms with van der Waals surface area (Å²) in [7, 11) is 0. The van der Waals surface area contributed by atoms with Crippen molar-refractivity contribution in [1.29, 1.82) is 0 Å². The van der Waals surface area contributed by atoms with E-state index in [-0.39, 0.29) is 6.61 Å². The minimum absolute atomic E-state index is 0.113. The maximum Gasteiger partial charge on any atom is 0.338 e. The van der Waals surface area contributed by atoms with Crippen molar-refractivity contribution < 1.29 is 28.5 Å². The van der Waals surface area contributed by atoms with E-state index in [9.17, 15) is 9.59 Å². The van der Waals surface area contributed by atoms with Gasteiger partial charge in [-0.3, -0.25) is 0 Å². The van der Waals surface area contributed by atoms with Crippen LogP contribution in [0.4, 0.5) is 0 Å². The van der Waals surface area contributed by atoms with Gasteiger partial charge in [-0.1, -0.05) is 70.9 Å². The molecule has 0 fully saturated rings. The van der Waals surface area contributed by atoms with Gasteiger partial charge in [-0.2, -0.15) is 0 Å². The van der Waals surface area contributed by atoms with E-state index in [1.165, 1.54) is 0 Å². The van der Waals surface area contributed by atoms with Gasteiger partial charge < -0.3 is 18.9 Å². The Morgan fingerprint density at radius 2 is 1.10 bits per heavy atom. The third kappa shape index (κ3) is 10.1. The number of rotatable bonds is 16. The number of hydrogen-bond donors (Lipinski definition) is 0. The van der Waals surface area contributed by atoms with Crippen LogP contribution in [0, 0.1) is 11.8 Å². The van der Waals surface area contributed by atoms with Crippen LogP contribution >= 0.6 is 0 Å². The van der Waals surface area contributed by atoms with E-state index >= 15 is 0 Å². The van der Waals surface area contributed by atoms with Crippen molar-refractivity contribution in [2.24, 2.45) is 11.8 Å². The Morgan fingerprint density at radius 1 is 0.625 bits per heavy atom. The monoisotopic (exact) mass is 546 g/mol. The Hall–Kier alpha value is -3.80. The molecule has 6 nitrogen and oxygen atoms in total. The van der Waals surface area contributed by atoms with Crippen molar-refractivity contribution in [2.45, 2.75) is 59.5 Å². The Balaban J connectivity index is 1.58. The molecule has 214 valence electrons. The summed E-state index contributed by atoms with van der Waals surface area (Å²) in [4.78, 5) is 25.7. The van der Waals surface area contributed by atoms with E-state index in [1.54, 1.807) is 48.5 Å². The van der Waals surface area contributed by atoms with Crippen LogP contribution in [0.5, 0.6) is 11.5 Å². The molecule has 0 bridgehead atoms. The summed E-state index contributed by atoms with van der Waals surface area (Å²) < 4.78 is 23.0. The second-order valence-corrected chi connectivity index (χ2v) is 10.4.